The zero-order valence-electron chi connectivity index (χ0n) is 11.3. The molecule has 0 spiro atoms. The Bertz CT molecular complexity index is 580. The Balaban J connectivity index is 1.99. The van der Waals surface area contributed by atoms with Crippen LogP contribution in [-0.2, 0) is 11.8 Å². The van der Waals surface area contributed by atoms with Gasteiger partial charge in [-0.2, -0.15) is 0 Å². The molecule has 2 aromatic rings. The number of nitrogens with zero attached hydrogens (tertiary/aromatic N) is 2. The minimum Gasteiger partial charge on any atom is -0.375 e. The first-order chi connectivity index (χ1) is 9.61. The summed E-state index contributed by atoms with van der Waals surface area (Å²) in [5, 5.41) is 3.50. The third-order valence-electron chi connectivity index (χ3n) is 3.02. The van der Waals surface area contributed by atoms with Crippen LogP contribution in [0.4, 0.5) is 0 Å². The minimum absolute atomic E-state index is 0.180. The second-order valence-electron chi connectivity index (χ2n) is 4.38. The number of imidazole rings is 1. The van der Waals surface area contributed by atoms with Crippen molar-refractivity contribution in [1.82, 2.24) is 14.9 Å². The summed E-state index contributed by atoms with van der Waals surface area (Å²) in [6.07, 6.45) is 2.89. The third-order valence-corrected chi connectivity index (χ3v) is 3.28. The number of hydrogen-bond donors (Lipinski definition) is 1. The van der Waals surface area contributed by atoms with E-state index in [1.165, 1.54) is 6.20 Å². The number of benzene rings is 1. The number of ether oxygens (including phenoxy) is 1. The summed E-state index contributed by atoms with van der Waals surface area (Å²) in [5.74, 6) is -0.180. The number of aromatic nitrogens is 2. The van der Waals surface area contributed by atoms with Crippen LogP contribution in [-0.4, -0.2) is 29.1 Å². The number of halogens is 1. The lowest BCUT2D eigenvalue weighted by Gasteiger charge is -2.16. The smallest absolute Gasteiger partial charge is 0.269 e. The Kier molecular flexibility index (Phi) is 4.76. The fraction of sp³-hybridized carbons (Fsp3) is 0.286. The molecule has 2 rings (SSSR count). The average molecular weight is 294 g/mol. The second-order valence-corrected chi connectivity index (χ2v) is 4.81. The highest BCUT2D eigenvalue weighted by atomic mass is 35.5. The van der Waals surface area contributed by atoms with Gasteiger partial charge in [-0.1, -0.05) is 23.7 Å². The first-order valence-electron chi connectivity index (χ1n) is 6.14. The van der Waals surface area contributed by atoms with Crippen LogP contribution < -0.4 is 5.32 Å². The second kappa shape index (κ2) is 6.54. The van der Waals surface area contributed by atoms with E-state index >= 15 is 0 Å². The van der Waals surface area contributed by atoms with Crippen molar-refractivity contribution in [3.05, 3.63) is 53.1 Å². The van der Waals surface area contributed by atoms with Gasteiger partial charge >= 0.3 is 0 Å². The lowest BCUT2D eigenvalue weighted by molar-refractivity contribution is 0.0822. The van der Waals surface area contributed by atoms with Gasteiger partial charge in [0.15, 0.2) is 0 Å². The van der Waals surface area contributed by atoms with Crippen LogP contribution in [0.1, 0.15) is 22.2 Å². The van der Waals surface area contributed by atoms with Gasteiger partial charge in [0.1, 0.15) is 5.69 Å². The highest BCUT2D eigenvalue weighted by molar-refractivity contribution is 6.30. The number of nitrogens with one attached hydrogen (secondary N) is 1. The van der Waals surface area contributed by atoms with E-state index < -0.39 is 0 Å². The molecule has 0 saturated heterocycles. The lowest BCUT2D eigenvalue weighted by atomic mass is 10.1. The molecule has 1 aromatic carbocycles. The Hall–Kier alpha value is -1.85. The molecule has 1 atom stereocenters. The summed E-state index contributed by atoms with van der Waals surface area (Å²) < 4.78 is 7.06. The van der Waals surface area contributed by atoms with Gasteiger partial charge in [-0.15, -0.1) is 0 Å². The summed E-state index contributed by atoms with van der Waals surface area (Å²) >= 11 is 5.85. The largest absolute Gasteiger partial charge is 0.375 e. The zero-order chi connectivity index (χ0) is 14.5. The molecule has 1 amide bonds. The molecule has 0 fully saturated rings. The van der Waals surface area contributed by atoms with Crippen molar-refractivity contribution in [2.75, 3.05) is 13.7 Å². The molecule has 0 saturated carbocycles. The molecule has 0 aliphatic carbocycles. The van der Waals surface area contributed by atoms with Gasteiger partial charge in [-0.3, -0.25) is 4.79 Å². The zero-order valence-corrected chi connectivity index (χ0v) is 12.1. The summed E-state index contributed by atoms with van der Waals surface area (Å²) in [7, 11) is 3.38. The van der Waals surface area contributed by atoms with E-state index in [1.807, 2.05) is 12.1 Å². The van der Waals surface area contributed by atoms with Crippen molar-refractivity contribution in [2.45, 2.75) is 6.10 Å². The predicted octanol–water partition coefficient (Wildman–Crippen LogP) is 2.19. The van der Waals surface area contributed by atoms with Gasteiger partial charge in [-0.05, 0) is 17.7 Å². The topological polar surface area (TPSA) is 56.1 Å². The minimum atomic E-state index is -0.218. The maximum atomic E-state index is 12.0. The average Bonchev–Trinajstić information content (AvgIpc) is 2.87. The molecular weight excluding hydrogens is 278 g/mol. The van der Waals surface area contributed by atoms with Crippen LogP contribution in [0.2, 0.25) is 5.02 Å². The van der Waals surface area contributed by atoms with Crippen molar-refractivity contribution in [1.29, 1.82) is 0 Å². The Labute approximate surface area is 122 Å². The number of amides is 1. The van der Waals surface area contributed by atoms with E-state index in [1.54, 1.807) is 37.2 Å². The molecule has 0 aliphatic rings. The molecule has 1 heterocycles. The van der Waals surface area contributed by atoms with Crippen LogP contribution in [0.5, 0.6) is 0 Å². The highest BCUT2D eigenvalue weighted by Gasteiger charge is 2.14. The summed E-state index contributed by atoms with van der Waals surface area (Å²) in [6.45, 7) is 0.377. The number of aryl methyl sites for hydroxylation is 1. The molecule has 20 heavy (non-hydrogen) atoms. The van der Waals surface area contributed by atoms with Crippen molar-refractivity contribution in [2.24, 2.45) is 7.05 Å². The monoisotopic (exact) mass is 293 g/mol. The molecule has 0 aliphatic heterocycles. The van der Waals surface area contributed by atoms with Crippen molar-refractivity contribution in [3.63, 3.8) is 0 Å². The molecule has 0 bridgehead atoms. The van der Waals surface area contributed by atoms with Gasteiger partial charge in [0.2, 0.25) is 0 Å². The molecule has 5 nitrogen and oxygen atoms in total. The van der Waals surface area contributed by atoms with Crippen LogP contribution in [0.3, 0.4) is 0 Å². The van der Waals surface area contributed by atoms with E-state index in [0.29, 0.717) is 17.3 Å². The van der Waals surface area contributed by atoms with Crippen molar-refractivity contribution < 1.29 is 9.53 Å². The third kappa shape index (κ3) is 3.37. The van der Waals surface area contributed by atoms with Gasteiger partial charge < -0.3 is 14.6 Å². The molecule has 1 aromatic heterocycles. The first kappa shape index (κ1) is 14.6. The quantitative estimate of drug-likeness (QED) is 0.919. The lowest BCUT2D eigenvalue weighted by Crippen LogP contribution is -2.30. The Morgan fingerprint density at radius 2 is 2.15 bits per heavy atom. The maximum absolute atomic E-state index is 12.0. The number of methoxy groups -OCH3 is 1. The Morgan fingerprint density at radius 1 is 1.45 bits per heavy atom. The fourth-order valence-corrected chi connectivity index (χ4v) is 1.99. The number of hydrogen-bond acceptors (Lipinski definition) is 3. The van der Waals surface area contributed by atoms with Crippen LogP contribution in [0, 0.1) is 0 Å². The van der Waals surface area contributed by atoms with Crippen molar-refractivity contribution in [3.8, 4) is 0 Å². The van der Waals surface area contributed by atoms with Gasteiger partial charge in [0.25, 0.3) is 5.91 Å². The molecule has 106 valence electrons. The molecule has 0 radical (unpaired) electrons. The highest BCUT2D eigenvalue weighted by Crippen LogP contribution is 2.18. The summed E-state index contributed by atoms with van der Waals surface area (Å²) in [5.41, 5.74) is 1.47. The first-order valence-corrected chi connectivity index (χ1v) is 6.52. The Morgan fingerprint density at radius 3 is 2.70 bits per heavy atom. The van der Waals surface area contributed by atoms with Gasteiger partial charge in [0.05, 0.1) is 18.6 Å². The summed E-state index contributed by atoms with van der Waals surface area (Å²) in [6, 6.07) is 7.36. The fourth-order valence-electron chi connectivity index (χ4n) is 1.87. The van der Waals surface area contributed by atoms with E-state index in [2.05, 4.69) is 10.3 Å². The van der Waals surface area contributed by atoms with Crippen molar-refractivity contribution >= 4 is 17.5 Å². The van der Waals surface area contributed by atoms with E-state index in [9.17, 15) is 4.79 Å². The molecule has 6 heteroatoms. The SMILES string of the molecule is COC(CNC(=O)c1cncn1C)c1ccc(Cl)cc1. The van der Waals surface area contributed by atoms with E-state index in [0.717, 1.165) is 5.56 Å². The standard InChI is InChI=1S/C14H16ClN3O2/c1-18-9-16-7-12(18)14(19)17-8-13(20-2)10-3-5-11(15)6-4-10/h3-7,9,13H,8H2,1-2H3,(H,17,19). The molecule has 1 N–H and O–H groups in total. The predicted molar refractivity (Wildman–Crippen MR) is 76.7 cm³/mol. The normalized spacial score (nSPS) is 12.2. The molecular formula is C14H16ClN3O2. The van der Waals surface area contributed by atoms with E-state index in [-0.39, 0.29) is 12.0 Å². The van der Waals surface area contributed by atoms with Crippen LogP contribution in [0.25, 0.3) is 0 Å². The number of carbonyl (C=O) groups excluding carboxylic acids is 1. The summed E-state index contributed by atoms with van der Waals surface area (Å²) in [4.78, 5) is 15.9. The van der Waals surface area contributed by atoms with Gasteiger partial charge in [0, 0.05) is 25.7 Å². The van der Waals surface area contributed by atoms with Crippen LogP contribution in [0.15, 0.2) is 36.8 Å². The number of carbonyl (C=O) groups is 1. The maximum Gasteiger partial charge on any atom is 0.269 e. The van der Waals surface area contributed by atoms with Gasteiger partial charge in [-0.25, -0.2) is 4.98 Å². The molecule has 1 unspecified atom stereocenters. The van der Waals surface area contributed by atoms with Crippen LogP contribution >= 0.6 is 11.6 Å². The van der Waals surface area contributed by atoms with E-state index in [4.69, 9.17) is 16.3 Å². The number of rotatable bonds is 5.